The lowest BCUT2D eigenvalue weighted by Gasteiger charge is -2.20. The zero-order chi connectivity index (χ0) is 21.7. The van der Waals surface area contributed by atoms with Crippen LogP contribution < -0.4 is 5.32 Å². The van der Waals surface area contributed by atoms with Crippen LogP contribution in [0.15, 0.2) is 47.8 Å². The zero-order valence-electron chi connectivity index (χ0n) is 16.0. The number of hydrogen-bond donors (Lipinski definition) is 1. The van der Waals surface area contributed by atoms with Gasteiger partial charge in [0.2, 0.25) is 11.8 Å². The number of anilines is 1. The highest BCUT2D eigenvalue weighted by Crippen LogP contribution is 2.30. The molecule has 0 saturated carbocycles. The van der Waals surface area contributed by atoms with Gasteiger partial charge in [-0.25, -0.2) is 13.8 Å². The van der Waals surface area contributed by atoms with Crippen LogP contribution in [-0.4, -0.2) is 34.8 Å². The number of rotatable bonds is 7. The molecule has 0 saturated heterocycles. The first kappa shape index (κ1) is 21.9. The van der Waals surface area contributed by atoms with Gasteiger partial charge in [0.05, 0.1) is 23.7 Å². The van der Waals surface area contributed by atoms with Gasteiger partial charge in [-0.05, 0) is 25.1 Å². The Morgan fingerprint density at radius 3 is 2.50 bits per heavy atom. The third-order valence-electron chi connectivity index (χ3n) is 4.28. The van der Waals surface area contributed by atoms with Gasteiger partial charge in [-0.2, -0.15) is 0 Å². The van der Waals surface area contributed by atoms with Gasteiger partial charge in [-0.15, -0.1) is 11.3 Å². The maximum atomic E-state index is 13.7. The molecule has 0 bridgehead atoms. The highest BCUT2D eigenvalue weighted by atomic mass is 35.5. The molecule has 9 heteroatoms. The third-order valence-corrected chi connectivity index (χ3v) is 5.54. The van der Waals surface area contributed by atoms with E-state index in [0.29, 0.717) is 15.7 Å². The summed E-state index contributed by atoms with van der Waals surface area (Å²) in [5.74, 6) is -2.78. The molecule has 0 aliphatic heterocycles. The maximum absolute atomic E-state index is 13.7. The first-order valence-electron chi connectivity index (χ1n) is 9.10. The number of benzene rings is 2. The fourth-order valence-electron chi connectivity index (χ4n) is 2.76. The van der Waals surface area contributed by atoms with Gasteiger partial charge >= 0.3 is 0 Å². The summed E-state index contributed by atoms with van der Waals surface area (Å²) in [6.45, 7) is 1.64. The van der Waals surface area contributed by atoms with E-state index < -0.39 is 23.2 Å². The molecule has 1 aromatic heterocycles. The van der Waals surface area contributed by atoms with Gasteiger partial charge in [0.15, 0.2) is 0 Å². The number of thiazole rings is 1. The number of hydrogen-bond acceptors (Lipinski definition) is 4. The van der Waals surface area contributed by atoms with Crippen LogP contribution in [0.2, 0.25) is 5.02 Å². The Morgan fingerprint density at radius 1 is 1.13 bits per heavy atom. The Balaban J connectivity index is 1.64. The van der Waals surface area contributed by atoms with Crippen LogP contribution in [0, 0.1) is 11.6 Å². The van der Waals surface area contributed by atoms with Gasteiger partial charge in [0, 0.05) is 17.5 Å². The molecule has 0 radical (unpaired) electrons. The molecule has 0 aliphatic rings. The van der Waals surface area contributed by atoms with E-state index in [4.69, 9.17) is 11.6 Å². The minimum absolute atomic E-state index is 0.00384. The molecular weight excluding hydrogens is 432 g/mol. The summed E-state index contributed by atoms with van der Waals surface area (Å²) in [6.07, 6.45) is -0.00384. The smallest absolute Gasteiger partial charge is 0.244 e. The fraction of sp³-hybridized carbons (Fsp3) is 0.190. The second kappa shape index (κ2) is 9.77. The fourth-order valence-corrected chi connectivity index (χ4v) is 3.90. The predicted octanol–water partition coefficient (Wildman–Crippen LogP) is 4.77. The number of para-hydroxylation sites is 1. The number of carbonyl (C=O) groups excluding carboxylic acids is 2. The molecule has 3 rings (SSSR count). The van der Waals surface area contributed by atoms with Crippen molar-refractivity contribution in [2.75, 3.05) is 18.4 Å². The van der Waals surface area contributed by atoms with Crippen molar-refractivity contribution >= 4 is 40.4 Å². The van der Waals surface area contributed by atoms with Crippen molar-refractivity contribution in [2.24, 2.45) is 0 Å². The quantitative estimate of drug-likeness (QED) is 0.565. The van der Waals surface area contributed by atoms with Crippen LogP contribution in [0.4, 0.5) is 14.5 Å². The highest BCUT2D eigenvalue weighted by molar-refractivity contribution is 7.13. The molecule has 0 atom stereocenters. The van der Waals surface area contributed by atoms with Crippen molar-refractivity contribution in [3.8, 4) is 10.6 Å². The molecular formula is C21H18ClF2N3O2S. The monoisotopic (exact) mass is 449 g/mol. The second-order valence-corrected chi connectivity index (χ2v) is 7.62. The van der Waals surface area contributed by atoms with E-state index in [-0.39, 0.29) is 25.4 Å². The van der Waals surface area contributed by atoms with E-state index in [9.17, 15) is 18.4 Å². The Labute approximate surface area is 181 Å². The predicted molar refractivity (Wildman–Crippen MR) is 114 cm³/mol. The number of nitrogens with one attached hydrogen (secondary N) is 1. The summed E-state index contributed by atoms with van der Waals surface area (Å²) in [4.78, 5) is 30.6. The van der Waals surface area contributed by atoms with Crippen LogP contribution >= 0.6 is 22.9 Å². The van der Waals surface area contributed by atoms with Gasteiger partial charge in [-0.3, -0.25) is 9.59 Å². The Kier molecular flexibility index (Phi) is 7.12. The average Bonchev–Trinajstić information content (AvgIpc) is 3.17. The lowest BCUT2D eigenvalue weighted by Crippen LogP contribution is -2.39. The van der Waals surface area contributed by atoms with Crippen molar-refractivity contribution in [3.05, 3.63) is 70.2 Å². The van der Waals surface area contributed by atoms with Crippen LogP contribution in [-0.2, 0) is 16.0 Å². The van der Waals surface area contributed by atoms with Crippen LogP contribution in [0.3, 0.4) is 0 Å². The Morgan fingerprint density at radius 2 is 1.83 bits per heavy atom. The molecule has 2 amide bonds. The minimum atomic E-state index is -0.882. The number of carbonyl (C=O) groups is 2. The SMILES string of the molecule is CCN(CC(=O)Nc1c(F)cccc1F)C(=O)Cc1csc(-c2ccccc2Cl)n1. The molecule has 156 valence electrons. The molecule has 0 unspecified atom stereocenters. The summed E-state index contributed by atoms with van der Waals surface area (Å²) in [6, 6.07) is 10.6. The molecule has 1 heterocycles. The standard InChI is InChI=1S/C21H18ClF2N3O2S/c1-2-27(11-18(28)26-20-16(23)8-5-9-17(20)24)19(29)10-13-12-30-21(25-13)14-6-3-4-7-15(14)22/h3-9,12H,2,10-11H2,1H3,(H,26,28). The molecule has 0 aliphatic carbocycles. The van der Waals surface area contributed by atoms with E-state index in [1.165, 1.54) is 22.3 Å². The average molecular weight is 450 g/mol. The molecule has 0 spiro atoms. The summed E-state index contributed by atoms with van der Waals surface area (Å²) in [5, 5.41) is 5.21. The number of nitrogens with zero attached hydrogens (tertiary/aromatic N) is 2. The van der Waals surface area contributed by atoms with Gasteiger partial charge in [0.25, 0.3) is 0 Å². The van der Waals surface area contributed by atoms with Crippen molar-refractivity contribution in [2.45, 2.75) is 13.3 Å². The lowest BCUT2D eigenvalue weighted by molar-refractivity contribution is -0.133. The summed E-state index contributed by atoms with van der Waals surface area (Å²) in [7, 11) is 0. The van der Waals surface area contributed by atoms with Crippen molar-refractivity contribution in [1.82, 2.24) is 9.88 Å². The molecule has 2 aromatic carbocycles. The zero-order valence-corrected chi connectivity index (χ0v) is 17.6. The highest BCUT2D eigenvalue weighted by Gasteiger charge is 2.19. The van der Waals surface area contributed by atoms with E-state index in [1.807, 2.05) is 18.2 Å². The minimum Gasteiger partial charge on any atom is -0.333 e. The summed E-state index contributed by atoms with van der Waals surface area (Å²) in [5.41, 5.74) is 0.801. The van der Waals surface area contributed by atoms with E-state index >= 15 is 0 Å². The molecule has 5 nitrogen and oxygen atoms in total. The second-order valence-electron chi connectivity index (χ2n) is 6.35. The van der Waals surface area contributed by atoms with E-state index in [2.05, 4.69) is 10.3 Å². The third kappa shape index (κ3) is 5.20. The van der Waals surface area contributed by atoms with Crippen molar-refractivity contribution < 1.29 is 18.4 Å². The first-order valence-corrected chi connectivity index (χ1v) is 10.4. The van der Waals surface area contributed by atoms with Crippen LogP contribution in [0.5, 0.6) is 0 Å². The van der Waals surface area contributed by atoms with Crippen LogP contribution in [0.1, 0.15) is 12.6 Å². The van der Waals surface area contributed by atoms with Crippen LogP contribution in [0.25, 0.3) is 10.6 Å². The van der Waals surface area contributed by atoms with E-state index in [0.717, 1.165) is 17.7 Å². The topological polar surface area (TPSA) is 62.3 Å². The lowest BCUT2D eigenvalue weighted by atomic mass is 10.2. The summed E-state index contributed by atoms with van der Waals surface area (Å²) >= 11 is 7.55. The van der Waals surface area contributed by atoms with Gasteiger partial charge in [-0.1, -0.05) is 35.9 Å². The molecule has 3 aromatic rings. The van der Waals surface area contributed by atoms with Crippen molar-refractivity contribution in [1.29, 1.82) is 0 Å². The van der Waals surface area contributed by atoms with Crippen molar-refractivity contribution in [3.63, 3.8) is 0 Å². The molecule has 30 heavy (non-hydrogen) atoms. The summed E-state index contributed by atoms with van der Waals surface area (Å²) < 4.78 is 27.4. The van der Waals surface area contributed by atoms with E-state index in [1.54, 1.807) is 18.4 Å². The number of amides is 2. The number of likely N-dealkylation sites (N-methyl/N-ethyl adjacent to an activating group) is 1. The Hall–Kier alpha value is -2.84. The maximum Gasteiger partial charge on any atom is 0.244 e. The molecule has 1 N–H and O–H groups in total. The van der Waals surface area contributed by atoms with Gasteiger partial charge in [0.1, 0.15) is 22.3 Å². The first-order chi connectivity index (χ1) is 14.4. The number of aromatic nitrogens is 1. The number of halogens is 3. The molecule has 0 fully saturated rings. The Bertz CT molecular complexity index is 1050. The van der Waals surface area contributed by atoms with Gasteiger partial charge < -0.3 is 10.2 Å². The normalized spacial score (nSPS) is 10.7. The largest absolute Gasteiger partial charge is 0.333 e.